The Bertz CT molecular complexity index is 371. The maximum atomic E-state index is 11.4. The average Bonchev–Trinajstić information content (AvgIpc) is 2.19. The van der Waals surface area contributed by atoms with Crippen LogP contribution in [0.1, 0.15) is 11.8 Å². The minimum absolute atomic E-state index is 0. The van der Waals surface area contributed by atoms with Crippen LogP contribution in [-0.4, -0.2) is 23.9 Å². The Morgan fingerprint density at radius 1 is 1.47 bits per heavy atom. The van der Waals surface area contributed by atoms with Crippen LogP contribution in [0.5, 0.6) is 0 Å². The SMILES string of the molecule is COP(=O)(O)CC(=O)c1ccccc1.[H-].[Na+]. The van der Waals surface area contributed by atoms with Gasteiger partial charge in [0.05, 0.1) is 0 Å². The second kappa shape index (κ2) is 6.59. The van der Waals surface area contributed by atoms with Gasteiger partial charge in [0, 0.05) is 12.7 Å². The van der Waals surface area contributed by atoms with Gasteiger partial charge < -0.3 is 10.8 Å². The molecule has 0 aliphatic carbocycles. The van der Waals surface area contributed by atoms with Crippen LogP contribution in [0, 0.1) is 0 Å². The molecular formula is C9H12NaO4P. The summed E-state index contributed by atoms with van der Waals surface area (Å²) in [7, 11) is -2.63. The number of benzene rings is 1. The van der Waals surface area contributed by atoms with Crippen LogP contribution in [0.25, 0.3) is 0 Å². The molecule has 1 atom stereocenters. The molecule has 1 aromatic rings. The molecule has 0 amide bonds. The molecule has 15 heavy (non-hydrogen) atoms. The molecule has 0 aliphatic heterocycles. The number of carbonyl (C=O) groups is 1. The minimum atomic E-state index is -3.74. The largest absolute Gasteiger partial charge is 1.00 e. The monoisotopic (exact) mass is 238 g/mol. The van der Waals surface area contributed by atoms with E-state index in [4.69, 9.17) is 4.89 Å². The summed E-state index contributed by atoms with van der Waals surface area (Å²) in [4.78, 5) is 20.5. The van der Waals surface area contributed by atoms with Crippen molar-refractivity contribution in [3.63, 3.8) is 0 Å². The van der Waals surface area contributed by atoms with Crippen LogP contribution in [-0.2, 0) is 9.09 Å². The van der Waals surface area contributed by atoms with Crippen molar-refractivity contribution < 1.29 is 49.8 Å². The summed E-state index contributed by atoms with van der Waals surface area (Å²) in [6.45, 7) is 0. The molecule has 0 saturated heterocycles. The predicted molar refractivity (Wildman–Crippen MR) is 53.6 cm³/mol. The maximum absolute atomic E-state index is 11.4. The Morgan fingerprint density at radius 2 is 2.00 bits per heavy atom. The van der Waals surface area contributed by atoms with Gasteiger partial charge in [-0.3, -0.25) is 9.36 Å². The van der Waals surface area contributed by atoms with Crippen LogP contribution in [0.3, 0.4) is 0 Å². The second-order valence-corrected chi connectivity index (χ2v) is 4.72. The van der Waals surface area contributed by atoms with E-state index in [1.165, 1.54) is 0 Å². The predicted octanol–water partition coefficient (Wildman–Crippen LogP) is -1.18. The zero-order valence-electron chi connectivity index (χ0n) is 9.71. The first kappa shape index (κ1) is 15.0. The molecule has 1 aromatic carbocycles. The van der Waals surface area contributed by atoms with Gasteiger partial charge in [0.25, 0.3) is 0 Å². The van der Waals surface area contributed by atoms with E-state index in [9.17, 15) is 9.36 Å². The van der Waals surface area contributed by atoms with Gasteiger partial charge in [0.2, 0.25) is 0 Å². The van der Waals surface area contributed by atoms with Gasteiger partial charge in [0.15, 0.2) is 5.78 Å². The molecule has 4 nitrogen and oxygen atoms in total. The number of rotatable bonds is 4. The summed E-state index contributed by atoms with van der Waals surface area (Å²) >= 11 is 0. The molecule has 78 valence electrons. The van der Waals surface area contributed by atoms with Gasteiger partial charge in [-0.15, -0.1) is 0 Å². The molecule has 0 radical (unpaired) electrons. The number of hydrogen-bond acceptors (Lipinski definition) is 3. The zero-order chi connectivity index (χ0) is 10.6. The fourth-order valence-electron chi connectivity index (χ4n) is 0.961. The summed E-state index contributed by atoms with van der Waals surface area (Å²) in [5.74, 6) is -0.390. The Balaban J connectivity index is 0. The van der Waals surface area contributed by atoms with Crippen LogP contribution in [0.4, 0.5) is 0 Å². The number of Topliss-reactive ketones (excluding diaryl/α,β-unsaturated/α-hetero) is 1. The fourth-order valence-corrected chi connectivity index (χ4v) is 1.64. The third-order valence-corrected chi connectivity index (χ3v) is 2.98. The molecule has 1 N–H and O–H groups in total. The third kappa shape index (κ3) is 5.07. The summed E-state index contributed by atoms with van der Waals surface area (Å²) in [6, 6.07) is 8.35. The topological polar surface area (TPSA) is 63.6 Å². The Kier molecular flexibility index (Phi) is 6.60. The van der Waals surface area contributed by atoms with Gasteiger partial charge >= 0.3 is 37.2 Å². The van der Waals surface area contributed by atoms with Crippen LogP contribution >= 0.6 is 7.60 Å². The molecule has 0 fully saturated rings. The first-order valence-electron chi connectivity index (χ1n) is 4.01. The van der Waals surface area contributed by atoms with E-state index in [0.29, 0.717) is 5.56 Å². The minimum Gasteiger partial charge on any atom is -1.00 e. The Morgan fingerprint density at radius 3 is 2.47 bits per heavy atom. The van der Waals surface area contributed by atoms with Crippen LogP contribution in [0.15, 0.2) is 30.3 Å². The first-order chi connectivity index (χ1) is 6.55. The van der Waals surface area contributed by atoms with Gasteiger partial charge in [-0.1, -0.05) is 30.3 Å². The standard InChI is InChI=1S/C9H11O4P.Na.H/c1-13-14(11,12)7-9(10)8-5-3-2-4-6-8;;/h2-6H,7H2,1H3,(H,11,12);;/q;+1;-1. The van der Waals surface area contributed by atoms with Gasteiger partial charge in [0.1, 0.15) is 6.16 Å². The number of ketones is 1. The summed E-state index contributed by atoms with van der Waals surface area (Å²) in [5, 5.41) is 0. The molecule has 0 heterocycles. The second-order valence-electron chi connectivity index (χ2n) is 2.77. The third-order valence-electron chi connectivity index (χ3n) is 1.72. The van der Waals surface area contributed by atoms with E-state index in [2.05, 4.69) is 4.52 Å². The van der Waals surface area contributed by atoms with Crippen LogP contribution < -0.4 is 29.6 Å². The van der Waals surface area contributed by atoms with E-state index in [1.807, 2.05) is 0 Å². The molecule has 1 rings (SSSR count). The fraction of sp³-hybridized carbons (Fsp3) is 0.222. The van der Waals surface area contributed by atoms with Crippen molar-refractivity contribution in [2.24, 2.45) is 0 Å². The molecule has 1 unspecified atom stereocenters. The van der Waals surface area contributed by atoms with Crippen molar-refractivity contribution in [2.45, 2.75) is 0 Å². The Hall–Kier alpha value is 0.0400. The summed E-state index contributed by atoms with van der Waals surface area (Å²) in [5.41, 5.74) is 0.416. The quantitative estimate of drug-likeness (QED) is 0.407. The van der Waals surface area contributed by atoms with E-state index in [-0.39, 0.29) is 31.0 Å². The summed E-state index contributed by atoms with van der Waals surface area (Å²) < 4.78 is 15.4. The molecule has 0 aromatic heterocycles. The van der Waals surface area contributed by atoms with Crippen molar-refractivity contribution >= 4 is 13.4 Å². The van der Waals surface area contributed by atoms with Gasteiger partial charge in [-0.05, 0) is 0 Å². The van der Waals surface area contributed by atoms with Crippen molar-refractivity contribution in [3.05, 3.63) is 35.9 Å². The van der Waals surface area contributed by atoms with E-state index in [0.717, 1.165) is 7.11 Å². The maximum Gasteiger partial charge on any atom is 1.00 e. The van der Waals surface area contributed by atoms with E-state index >= 15 is 0 Å². The molecule has 0 bridgehead atoms. The van der Waals surface area contributed by atoms with Crippen molar-refractivity contribution in [1.29, 1.82) is 0 Å². The van der Waals surface area contributed by atoms with E-state index < -0.39 is 19.5 Å². The first-order valence-corrected chi connectivity index (χ1v) is 5.77. The van der Waals surface area contributed by atoms with Crippen LogP contribution in [0.2, 0.25) is 0 Å². The summed E-state index contributed by atoms with van der Waals surface area (Å²) in [6.07, 6.45) is -0.479. The van der Waals surface area contributed by atoms with Crippen molar-refractivity contribution in [3.8, 4) is 0 Å². The molecule has 6 heteroatoms. The smallest absolute Gasteiger partial charge is 1.00 e. The van der Waals surface area contributed by atoms with E-state index in [1.54, 1.807) is 30.3 Å². The van der Waals surface area contributed by atoms with Crippen molar-refractivity contribution in [1.82, 2.24) is 0 Å². The normalized spacial score (nSPS) is 13.7. The molecule has 0 aliphatic rings. The van der Waals surface area contributed by atoms with Crippen molar-refractivity contribution in [2.75, 3.05) is 13.3 Å². The average molecular weight is 238 g/mol. The van der Waals surface area contributed by atoms with Gasteiger partial charge in [-0.25, -0.2) is 0 Å². The molecule has 0 saturated carbocycles. The molecule has 0 spiro atoms. The Labute approximate surface area is 112 Å². The van der Waals surface area contributed by atoms with Gasteiger partial charge in [-0.2, -0.15) is 0 Å². The number of hydrogen-bond donors (Lipinski definition) is 1. The zero-order valence-corrected chi connectivity index (χ0v) is 11.6. The molecular weight excluding hydrogens is 226 g/mol. The number of carbonyl (C=O) groups excluding carboxylic acids is 1.